The van der Waals surface area contributed by atoms with Crippen LogP contribution in [0.25, 0.3) is 0 Å². The first-order valence-corrected chi connectivity index (χ1v) is 9.53. The molecule has 2 N–H and O–H groups in total. The normalized spacial score (nSPS) is 10.4. The van der Waals surface area contributed by atoms with Crippen molar-refractivity contribution in [2.24, 2.45) is 0 Å². The van der Waals surface area contributed by atoms with Gasteiger partial charge in [-0.3, -0.25) is 0 Å². The van der Waals surface area contributed by atoms with E-state index >= 15 is 0 Å². The second kappa shape index (κ2) is 9.54. The molecule has 0 spiro atoms. The predicted molar refractivity (Wildman–Crippen MR) is 115 cm³/mol. The first kappa shape index (κ1) is 20.8. The van der Waals surface area contributed by atoms with Gasteiger partial charge < -0.3 is 19.9 Å². The van der Waals surface area contributed by atoms with E-state index in [1.165, 1.54) is 6.07 Å². The minimum absolute atomic E-state index is 0.190. The third kappa shape index (κ3) is 5.34. The number of halogens is 2. The predicted octanol–water partition coefficient (Wildman–Crippen LogP) is 5.89. The number of hydrogen-bond acceptors (Lipinski definition) is 4. The van der Waals surface area contributed by atoms with Gasteiger partial charge in [0.15, 0.2) is 0 Å². The van der Waals surface area contributed by atoms with E-state index in [4.69, 9.17) is 37.8 Å². The molecule has 0 unspecified atom stereocenters. The van der Waals surface area contributed by atoms with Gasteiger partial charge in [0.25, 0.3) is 0 Å². The number of nitrogens with one attached hydrogen (secondary N) is 1. The van der Waals surface area contributed by atoms with Crippen LogP contribution in [0.5, 0.6) is 11.5 Å². The maximum absolute atomic E-state index is 11.2. The quantitative estimate of drug-likeness (QED) is 0.465. The van der Waals surface area contributed by atoms with Gasteiger partial charge in [-0.1, -0.05) is 41.4 Å². The molecule has 0 heterocycles. The third-order valence-corrected chi connectivity index (χ3v) is 5.01. The van der Waals surface area contributed by atoms with E-state index in [0.717, 1.165) is 11.1 Å². The highest BCUT2D eigenvalue weighted by Crippen LogP contribution is 2.27. The van der Waals surface area contributed by atoms with Crippen molar-refractivity contribution in [3.63, 3.8) is 0 Å². The fourth-order valence-corrected chi connectivity index (χ4v) is 3.21. The van der Waals surface area contributed by atoms with Crippen molar-refractivity contribution in [2.45, 2.75) is 13.2 Å². The molecule has 0 aliphatic carbocycles. The molecule has 150 valence electrons. The SMILES string of the molecule is COc1ccc(C(=O)O)cc1NCc1ccc(OCc2c(Cl)cccc2Cl)cc1. The molecule has 0 fully saturated rings. The molecule has 0 saturated heterocycles. The second-order valence-corrected chi connectivity index (χ2v) is 7.02. The fourth-order valence-electron chi connectivity index (χ4n) is 2.71. The Morgan fingerprint density at radius 2 is 1.72 bits per heavy atom. The molecule has 0 radical (unpaired) electrons. The highest BCUT2D eigenvalue weighted by Gasteiger charge is 2.09. The van der Waals surface area contributed by atoms with Crippen LogP contribution in [-0.2, 0) is 13.2 Å². The van der Waals surface area contributed by atoms with E-state index in [-0.39, 0.29) is 12.2 Å². The van der Waals surface area contributed by atoms with Gasteiger partial charge in [-0.15, -0.1) is 0 Å². The van der Waals surface area contributed by atoms with Crippen molar-refractivity contribution in [3.8, 4) is 11.5 Å². The molecule has 3 rings (SSSR count). The third-order valence-electron chi connectivity index (χ3n) is 4.30. The highest BCUT2D eigenvalue weighted by molar-refractivity contribution is 6.35. The zero-order chi connectivity index (χ0) is 20.8. The highest BCUT2D eigenvalue weighted by atomic mass is 35.5. The Morgan fingerprint density at radius 3 is 2.34 bits per heavy atom. The molecule has 7 heteroatoms. The Labute approximate surface area is 178 Å². The molecule has 29 heavy (non-hydrogen) atoms. The Kier molecular flexibility index (Phi) is 6.86. The van der Waals surface area contributed by atoms with Crippen molar-refractivity contribution in [1.29, 1.82) is 0 Å². The number of ether oxygens (including phenoxy) is 2. The van der Waals surface area contributed by atoms with Crippen LogP contribution in [0, 0.1) is 0 Å². The van der Waals surface area contributed by atoms with Crippen LogP contribution in [0.1, 0.15) is 21.5 Å². The number of carboxylic acid groups (broad SMARTS) is 1. The second-order valence-electron chi connectivity index (χ2n) is 6.21. The largest absolute Gasteiger partial charge is 0.495 e. The van der Waals surface area contributed by atoms with Gasteiger partial charge in [-0.2, -0.15) is 0 Å². The van der Waals surface area contributed by atoms with Crippen molar-refractivity contribution >= 4 is 34.9 Å². The van der Waals surface area contributed by atoms with Crippen LogP contribution in [0.3, 0.4) is 0 Å². The van der Waals surface area contributed by atoms with E-state index in [2.05, 4.69) is 5.32 Å². The zero-order valence-corrected chi connectivity index (χ0v) is 17.1. The summed E-state index contributed by atoms with van der Waals surface area (Å²) in [7, 11) is 1.54. The number of benzene rings is 3. The minimum atomic E-state index is -0.990. The lowest BCUT2D eigenvalue weighted by Gasteiger charge is -2.13. The fraction of sp³-hybridized carbons (Fsp3) is 0.136. The van der Waals surface area contributed by atoms with Crippen molar-refractivity contribution in [2.75, 3.05) is 12.4 Å². The molecule has 3 aromatic carbocycles. The average molecular weight is 432 g/mol. The van der Waals surface area contributed by atoms with Crippen molar-refractivity contribution in [3.05, 3.63) is 87.4 Å². The van der Waals surface area contributed by atoms with Crippen LogP contribution in [-0.4, -0.2) is 18.2 Å². The van der Waals surface area contributed by atoms with Gasteiger partial charge in [-0.05, 0) is 48.0 Å². The topological polar surface area (TPSA) is 67.8 Å². The lowest BCUT2D eigenvalue weighted by Crippen LogP contribution is -2.04. The summed E-state index contributed by atoms with van der Waals surface area (Å²) in [4.78, 5) is 11.2. The van der Waals surface area contributed by atoms with Gasteiger partial charge in [-0.25, -0.2) is 4.79 Å². The Bertz CT molecular complexity index is 986. The summed E-state index contributed by atoms with van der Waals surface area (Å²) in [5.74, 6) is 0.276. The van der Waals surface area contributed by atoms with Crippen LogP contribution in [0.2, 0.25) is 10.0 Å². The van der Waals surface area contributed by atoms with Crippen molar-refractivity contribution < 1.29 is 19.4 Å². The van der Waals surface area contributed by atoms with Gasteiger partial charge in [0.1, 0.15) is 18.1 Å². The van der Waals surface area contributed by atoms with Crippen LogP contribution < -0.4 is 14.8 Å². The Balaban J connectivity index is 1.63. The number of hydrogen-bond donors (Lipinski definition) is 2. The van der Waals surface area contributed by atoms with Gasteiger partial charge in [0.2, 0.25) is 0 Å². The molecule has 3 aromatic rings. The monoisotopic (exact) mass is 431 g/mol. The molecule has 5 nitrogen and oxygen atoms in total. The lowest BCUT2D eigenvalue weighted by atomic mass is 10.1. The number of aromatic carboxylic acids is 1. The van der Waals surface area contributed by atoms with Crippen LogP contribution in [0.4, 0.5) is 5.69 Å². The Hall–Kier alpha value is -2.89. The maximum Gasteiger partial charge on any atom is 0.335 e. The summed E-state index contributed by atoms with van der Waals surface area (Å²) < 4.78 is 11.1. The summed E-state index contributed by atoms with van der Waals surface area (Å²) >= 11 is 12.3. The molecule has 0 amide bonds. The van der Waals surface area contributed by atoms with E-state index in [0.29, 0.717) is 33.8 Å². The standard InChI is InChI=1S/C22H19Cl2NO4/c1-28-21-10-7-15(22(26)27)11-20(21)25-12-14-5-8-16(9-6-14)29-13-17-18(23)3-2-4-19(17)24/h2-11,25H,12-13H2,1H3,(H,26,27). The zero-order valence-electron chi connectivity index (χ0n) is 15.6. The number of carbonyl (C=O) groups is 1. The first-order valence-electron chi connectivity index (χ1n) is 8.77. The van der Waals surface area contributed by atoms with E-state index in [9.17, 15) is 4.79 Å². The van der Waals surface area contributed by atoms with E-state index < -0.39 is 5.97 Å². The van der Waals surface area contributed by atoms with E-state index in [1.54, 1.807) is 37.4 Å². The summed E-state index contributed by atoms with van der Waals surface area (Å²) in [6.45, 7) is 0.769. The number of methoxy groups -OCH3 is 1. The number of anilines is 1. The van der Waals surface area contributed by atoms with Crippen LogP contribution >= 0.6 is 23.2 Å². The van der Waals surface area contributed by atoms with Gasteiger partial charge in [0, 0.05) is 22.2 Å². The number of carboxylic acids is 1. The molecule has 0 aromatic heterocycles. The van der Waals surface area contributed by atoms with E-state index in [1.807, 2.05) is 24.3 Å². The smallest absolute Gasteiger partial charge is 0.335 e. The molecular formula is C22H19Cl2NO4. The molecule has 0 atom stereocenters. The van der Waals surface area contributed by atoms with Gasteiger partial charge >= 0.3 is 5.97 Å². The molecule has 0 bridgehead atoms. The molecular weight excluding hydrogens is 413 g/mol. The first-order chi connectivity index (χ1) is 14.0. The summed E-state index contributed by atoms with van der Waals surface area (Å²) in [5.41, 5.74) is 2.54. The molecule has 0 aliphatic rings. The van der Waals surface area contributed by atoms with Gasteiger partial charge in [0.05, 0.1) is 18.4 Å². The summed E-state index contributed by atoms with van der Waals surface area (Å²) in [6.07, 6.45) is 0. The van der Waals surface area contributed by atoms with Crippen LogP contribution in [0.15, 0.2) is 60.7 Å². The molecule has 0 aliphatic heterocycles. The van der Waals surface area contributed by atoms with Crippen molar-refractivity contribution in [1.82, 2.24) is 0 Å². The average Bonchev–Trinajstić information content (AvgIpc) is 2.72. The Morgan fingerprint density at radius 1 is 1.03 bits per heavy atom. The molecule has 0 saturated carbocycles. The summed E-state index contributed by atoms with van der Waals surface area (Å²) in [6, 6.07) is 17.6. The minimum Gasteiger partial charge on any atom is -0.495 e. The maximum atomic E-state index is 11.2. The lowest BCUT2D eigenvalue weighted by molar-refractivity contribution is 0.0697. The number of rotatable bonds is 8. The summed E-state index contributed by atoms with van der Waals surface area (Å²) in [5, 5.41) is 13.5.